The van der Waals surface area contributed by atoms with E-state index in [9.17, 15) is 9.59 Å². The van der Waals surface area contributed by atoms with Crippen LogP contribution in [0.3, 0.4) is 0 Å². The average molecular weight is 463 g/mol. The molecule has 3 rings (SSSR count). The molecule has 2 aromatic carbocycles. The Labute approximate surface area is 197 Å². The van der Waals surface area contributed by atoms with Gasteiger partial charge in [0.1, 0.15) is 6.61 Å². The number of carbonyl (C=O) groups is 2. The van der Waals surface area contributed by atoms with Crippen LogP contribution in [-0.2, 0) is 25.5 Å². The first-order valence-corrected chi connectivity index (χ1v) is 10.8. The molecule has 1 atom stereocenters. The zero-order valence-electron chi connectivity index (χ0n) is 18.1. The van der Waals surface area contributed by atoms with Gasteiger partial charge in [-0.2, -0.15) is 5.26 Å². The quantitative estimate of drug-likeness (QED) is 0.339. The van der Waals surface area contributed by atoms with Crippen LogP contribution in [0.4, 0.5) is 0 Å². The van der Waals surface area contributed by atoms with Crippen molar-refractivity contribution in [2.75, 3.05) is 6.61 Å². The van der Waals surface area contributed by atoms with Crippen molar-refractivity contribution >= 4 is 23.5 Å². The van der Waals surface area contributed by atoms with E-state index < -0.39 is 17.9 Å². The van der Waals surface area contributed by atoms with Crippen LogP contribution in [0.25, 0.3) is 0 Å². The van der Waals surface area contributed by atoms with Crippen molar-refractivity contribution < 1.29 is 19.1 Å². The summed E-state index contributed by atoms with van der Waals surface area (Å²) >= 11 is 6.19. The van der Waals surface area contributed by atoms with E-state index in [1.54, 1.807) is 37.3 Å². The van der Waals surface area contributed by atoms with Gasteiger partial charge in [0.25, 0.3) is 0 Å². The SMILES string of the molecule is CC1=C(C(=O)OCCC#N)C(c2cccc(Cl)c2)C(C(=O)OC=CCc2ccccc2)=CN1. The summed E-state index contributed by atoms with van der Waals surface area (Å²) in [6.45, 7) is 1.68. The van der Waals surface area contributed by atoms with Crippen molar-refractivity contribution in [3.8, 4) is 6.07 Å². The van der Waals surface area contributed by atoms with Gasteiger partial charge in [0.05, 0.1) is 35.8 Å². The predicted octanol–water partition coefficient (Wildman–Crippen LogP) is 4.94. The maximum Gasteiger partial charge on any atom is 0.341 e. The Balaban J connectivity index is 1.83. The number of carbonyl (C=O) groups excluding carboxylic acids is 2. The molecular formula is C26H23ClN2O4. The molecule has 1 aliphatic heterocycles. The number of nitrogens with one attached hydrogen (secondary N) is 1. The predicted molar refractivity (Wildman–Crippen MR) is 125 cm³/mol. The van der Waals surface area contributed by atoms with Gasteiger partial charge in [0, 0.05) is 16.9 Å². The molecule has 0 saturated carbocycles. The van der Waals surface area contributed by atoms with Crippen molar-refractivity contribution in [1.82, 2.24) is 5.32 Å². The van der Waals surface area contributed by atoms with Gasteiger partial charge in [-0.1, -0.05) is 54.1 Å². The Hall–Kier alpha value is -3.82. The molecule has 168 valence electrons. The van der Waals surface area contributed by atoms with E-state index in [1.807, 2.05) is 36.4 Å². The lowest BCUT2D eigenvalue weighted by Gasteiger charge is -2.27. The molecule has 0 aromatic heterocycles. The first-order chi connectivity index (χ1) is 16.0. The van der Waals surface area contributed by atoms with Crippen molar-refractivity contribution in [2.24, 2.45) is 0 Å². The van der Waals surface area contributed by atoms with Crippen LogP contribution < -0.4 is 5.32 Å². The van der Waals surface area contributed by atoms with Crippen LogP contribution in [0.5, 0.6) is 0 Å². The van der Waals surface area contributed by atoms with Crippen LogP contribution in [0.15, 0.2) is 90.0 Å². The summed E-state index contributed by atoms with van der Waals surface area (Å²) in [5.41, 5.74) is 2.77. The highest BCUT2D eigenvalue weighted by atomic mass is 35.5. The van der Waals surface area contributed by atoms with E-state index in [0.717, 1.165) is 5.56 Å². The minimum Gasteiger partial charge on any atom is -0.461 e. The lowest BCUT2D eigenvalue weighted by atomic mass is 9.82. The molecule has 1 heterocycles. The summed E-state index contributed by atoms with van der Waals surface area (Å²) in [5.74, 6) is -1.96. The largest absolute Gasteiger partial charge is 0.461 e. The fourth-order valence-corrected chi connectivity index (χ4v) is 3.64. The highest BCUT2D eigenvalue weighted by molar-refractivity contribution is 6.30. The average Bonchev–Trinajstić information content (AvgIpc) is 2.82. The Morgan fingerprint density at radius 2 is 1.94 bits per heavy atom. The summed E-state index contributed by atoms with van der Waals surface area (Å²) in [6, 6.07) is 18.6. The topological polar surface area (TPSA) is 88.4 Å². The lowest BCUT2D eigenvalue weighted by Crippen LogP contribution is -2.29. The number of nitriles is 1. The summed E-state index contributed by atoms with van der Waals surface area (Å²) in [4.78, 5) is 25.9. The summed E-state index contributed by atoms with van der Waals surface area (Å²) < 4.78 is 10.6. The highest BCUT2D eigenvalue weighted by Crippen LogP contribution is 2.38. The summed E-state index contributed by atoms with van der Waals surface area (Å²) in [5, 5.41) is 12.2. The molecular weight excluding hydrogens is 440 g/mol. The second kappa shape index (κ2) is 11.7. The van der Waals surface area contributed by atoms with Crippen LogP contribution >= 0.6 is 11.6 Å². The Morgan fingerprint density at radius 1 is 1.15 bits per heavy atom. The summed E-state index contributed by atoms with van der Waals surface area (Å²) in [6.07, 6.45) is 5.31. The Morgan fingerprint density at radius 3 is 2.67 bits per heavy atom. The highest BCUT2D eigenvalue weighted by Gasteiger charge is 2.36. The van der Waals surface area contributed by atoms with E-state index in [4.69, 9.17) is 26.3 Å². The van der Waals surface area contributed by atoms with Gasteiger partial charge in [0.2, 0.25) is 0 Å². The molecule has 0 spiro atoms. The van der Waals surface area contributed by atoms with Gasteiger partial charge in [-0.05, 0) is 42.7 Å². The third-order valence-electron chi connectivity index (χ3n) is 5.00. The smallest absolute Gasteiger partial charge is 0.341 e. The fraction of sp³-hybridized carbons (Fsp3) is 0.192. The monoisotopic (exact) mass is 462 g/mol. The Kier molecular flexibility index (Phi) is 8.45. The van der Waals surface area contributed by atoms with Gasteiger partial charge >= 0.3 is 11.9 Å². The Bertz CT molecular complexity index is 1150. The van der Waals surface area contributed by atoms with Crippen LogP contribution in [0.2, 0.25) is 5.02 Å². The van der Waals surface area contributed by atoms with Crippen molar-refractivity contribution in [2.45, 2.75) is 25.7 Å². The maximum absolute atomic E-state index is 13.0. The minimum absolute atomic E-state index is 0.0416. The van der Waals surface area contributed by atoms with E-state index in [2.05, 4.69) is 5.32 Å². The standard InChI is InChI=1S/C26H23ClN2O4/c1-18-23(26(31)33-15-7-13-28)24(20-11-5-12-21(27)16-20)22(17-29-18)25(30)32-14-6-10-19-8-3-2-4-9-19/h2-6,8-9,11-12,14,16-17,24,29H,7,10,15H2,1H3. The van der Waals surface area contributed by atoms with E-state index >= 15 is 0 Å². The molecule has 0 aliphatic carbocycles. The van der Waals surface area contributed by atoms with Crippen LogP contribution in [0, 0.1) is 11.3 Å². The minimum atomic E-state index is -0.741. The van der Waals surface area contributed by atoms with Crippen molar-refractivity contribution in [3.05, 3.63) is 106 Å². The number of benzene rings is 2. The molecule has 6 nitrogen and oxygen atoms in total. The first-order valence-electron chi connectivity index (χ1n) is 10.4. The van der Waals surface area contributed by atoms with E-state index in [-0.39, 0.29) is 24.2 Å². The molecule has 1 unspecified atom stereocenters. The van der Waals surface area contributed by atoms with Crippen LogP contribution in [-0.4, -0.2) is 18.5 Å². The summed E-state index contributed by atoms with van der Waals surface area (Å²) in [7, 11) is 0. The van der Waals surface area contributed by atoms with Gasteiger partial charge < -0.3 is 14.8 Å². The number of hydrogen-bond acceptors (Lipinski definition) is 6. The van der Waals surface area contributed by atoms with E-state index in [0.29, 0.717) is 22.7 Å². The second-order valence-electron chi connectivity index (χ2n) is 7.28. The third-order valence-corrected chi connectivity index (χ3v) is 5.24. The fourth-order valence-electron chi connectivity index (χ4n) is 3.44. The molecule has 2 aromatic rings. The molecule has 0 amide bonds. The first kappa shape index (κ1) is 23.8. The van der Waals surface area contributed by atoms with Crippen molar-refractivity contribution in [3.63, 3.8) is 0 Å². The van der Waals surface area contributed by atoms with Gasteiger partial charge in [-0.15, -0.1) is 0 Å². The number of hydrogen-bond donors (Lipinski definition) is 1. The normalized spacial score (nSPS) is 15.4. The lowest BCUT2D eigenvalue weighted by molar-refractivity contribution is -0.139. The van der Waals surface area contributed by atoms with E-state index in [1.165, 1.54) is 12.5 Å². The van der Waals surface area contributed by atoms with Crippen LogP contribution in [0.1, 0.15) is 30.4 Å². The molecule has 1 aliphatic rings. The van der Waals surface area contributed by atoms with Gasteiger partial charge in [-0.3, -0.25) is 0 Å². The molecule has 1 N–H and O–H groups in total. The number of allylic oxidation sites excluding steroid dienone is 2. The molecule has 0 saturated heterocycles. The third kappa shape index (κ3) is 6.34. The number of rotatable bonds is 8. The number of nitrogens with zero attached hydrogens (tertiary/aromatic N) is 1. The van der Waals surface area contributed by atoms with Gasteiger partial charge in [0.15, 0.2) is 0 Å². The van der Waals surface area contributed by atoms with Gasteiger partial charge in [-0.25, -0.2) is 9.59 Å². The zero-order valence-corrected chi connectivity index (χ0v) is 18.8. The number of ether oxygens (including phenoxy) is 2. The number of esters is 2. The molecule has 33 heavy (non-hydrogen) atoms. The molecule has 0 radical (unpaired) electrons. The number of halogens is 1. The number of dihydropyridines is 1. The molecule has 0 fully saturated rings. The van der Waals surface area contributed by atoms with Crippen molar-refractivity contribution in [1.29, 1.82) is 5.26 Å². The second-order valence-corrected chi connectivity index (χ2v) is 7.72. The molecule has 7 heteroatoms. The maximum atomic E-state index is 13.0. The zero-order chi connectivity index (χ0) is 23.6. The molecule has 0 bridgehead atoms.